The molecule has 0 heteroatoms. The lowest BCUT2D eigenvalue weighted by Gasteiger charge is -2.53. The fourth-order valence-electron chi connectivity index (χ4n) is 5.64. The van der Waals surface area contributed by atoms with Crippen molar-refractivity contribution >= 4 is 0 Å². The Morgan fingerprint density at radius 2 is 2.00 bits per heavy atom. The van der Waals surface area contributed by atoms with Gasteiger partial charge in [-0.3, -0.25) is 0 Å². The zero-order valence-electron chi connectivity index (χ0n) is 11.3. The van der Waals surface area contributed by atoms with Gasteiger partial charge in [0, 0.05) is 0 Å². The molecule has 0 aromatic heterocycles. The molecule has 0 heterocycles. The lowest BCUT2D eigenvalue weighted by molar-refractivity contribution is -0.0519. The smallest absolute Gasteiger partial charge is 0.0292 e. The summed E-state index contributed by atoms with van der Waals surface area (Å²) in [4.78, 5) is 0. The number of unbranched alkanes of at least 4 members (excludes halogenated alkanes) is 1. The maximum Gasteiger partial charge on any atom is -0.0292 e. The third kappa shape index (κ3) is 1.28. The molecule has 92 valence electrons. The Hall–Kier alpha value is 0. The van der Waals surface area contributed by atoms with E-state index in [9.17, 15) is 0 Å². The van der Waals surface area contributed by atoms with Crippen LogP contribution in [0.3, 0.4) is 0 Å². The summed E-state index contributed by atoms with van der Waals surface area (Å²) in [6.45, 7) is 7.37. The van der Waals surface area contributed by atoms with Crippen molar-refractivity contribution in [2.24, 2.45) is 35.0 Å². The summed E-state index contributed by atoms with van der Waals surface area (Å²) < 4.78 is 0. The van der Waals surface area contributed by atoms with Gasteiger partial charge in [-0.25, -0.2) is 0 Å². The highest BCUT2D eigenvalue weighted by atomic mass is 14.7. The van der Waals surface area contributed by atoms with Gasteiger partial charge in [-0.2, -0.15) is 0 Å². The number of rotatable bonds is 4. The van der Waals surface area contributed by atoms with Crippen LogP contribution in [0.1, 0.15) is 65.7 Å². The van der Waals surface area contributed by atoms with Crippen LogP contribution in [0.25, 0.3) is 0 Å². The summed E-state index contributed by atoms with van der Waals surface area (Å²) in [6, 6.07) is 0. The molecule has 3 aliphatic carbocycles. The number of hydrogen-bond acceptors (Lipinski definition) is 0. The fourth-order valence-corrected chi connectivity index (χ4v) is 5.64. The topological polar surface area (TPSA) is 0 Å². The third-order valence-electron chi connectivity index (χ3n) is 6.54. The molecular weight excluding hydrogens is 192 g/mol. The minimum Gasteiger partial charge on any atom is -0.0654 e. The molecule has 6 atom stereocenters. The summed E-state index contributed by atoms with van der Waals surface area (Å²) in [5, 5.41) is 0. The highest BCUT2D eigenvalue weighted by molar-refractivity contribution is 5.13. The largest absolute Gasteiger partial charge is 0.0654 e. The molecule has 0 aliphatic heterocycles. The van der Waals surface area contributed by atoms with Crippen LogP contribution in [-0.4, -0.2) is 0 Å². The first-order valence-corrected chi connectivity index (χ1v) is 7.71. The van der Waals surface area contributed by atoms with Crippen molar-refractivity contribution in [2.45, 2.75) is 65.7 Å². The first-order valence-electron chi connectivity index (χ1n) is 7.71. The molecule has 0 amide bonds. The second kappa shape index (κ2) is 3.75. The molecule has 0 nitrogen and oxygen atoms in total. The van der Waals surface area contributed by atoms with Gasteiger partial charge in [0.2, 0.25) is 0 Å². The first-order chi connectivity index (χ1) is 7.71. The second-order valence-corrected chi connectivity index (χ2v) is 7.12. The predicted molar refractivity (Wildman–Crippen MR) is 69.2 cm³/mol. The van der Waals surface area contributed by atoms with E-state index < -0.39 is 0 Å². The van der Waals surface area contributed by atoms with Crippen molar-refractivity contribution in [2.75, 3.05) is 0 Å². The van der Waals surface area contributed by atoms with Crippen molar-refractivity contribution in [1.29, 1.82) is 0 Å². The Bertz CT molecular complexity index is 269. The van der Waals surface area contributed by atoms with Crippen LogP contribution in [0.4, 0.5) is 0 Å². The highest BCUT2D eigenvalue weighted by Gasteiger charge is 2.65. The Kier molecular flexibility index (Phi) is 2.60. The average molecular weight is 220 g/mol. The summed E-state index contributed by atoms with van der Waals surface area (Å²) in [6.07, 6.45) is 10.6. The van der Waals surface area contributed by atoms with Crippen LogP contribution in [0.2, 0.25) is 0 Å². The van der Waals surface area contributed by atoms with E-state index in [1.165, 1.54) is 19.3 Å². The van der Waals surface area contributed by atoms with E-state index in [-0.39, 0.29) is 0 Å². The lowest BCUT2D eigenvalue weighted by Crippen LogP contribution is -2.47. The summed E-state index contributed by atoms with van der Waals surface area (Å²) in [7, 11) is 0. The lowest BCUT2D eigenvalue weighted by atomic mass is 9.51. The van der Waals surface area contributed by atoms with Crippen LogP contribution in [0.5, 0.6) is 0 Å². The zero-order chi connectivity index (χ0) is 11.3. The maximum absolute atomic E-state index is 2.59. The molecule has 6 unspecified atom stereocenters. The molecule has 0 aromatic rings. The zero-order valence-corrected chi connectivity index (χ0v) is 11.3. The van der Waals surface area contributed by atoms with Crippen LogP contribution >= 0.6 is 0 Å². The molecule has 0 radical (unpaired) electrons. The molecule has 3 fully saturated rings. The Morgan fingerprint density at radius 3 is 2.56 bits per heavy atom. The molecule has 16 heavy (non-hydrogen) atoms. The van der Waals surface area contributed by atoms with E-state index in [1.807, 2.05) is 0 Å². The van der Waals surface area contributed by atoms with E-state index in [1.54, 1.807) is 25.7 Å². The predicted octanol–water partition coefficient (Wildman–Crippen LogP) is 4.89. The average Bonchev–Trinajstić information content (AvgIpc) is 2.41. The van der Waals surface area contributed by atoms with Crippen LogP contribution < -0.4 is 0 Å². The quantitative estimate of drug-likeness (QED) is 0.633. The van der Waals surface area contributed by atoms with Gasteiger partial charge in [0.25, 0.3) is 0 Å². The molecule has 3 rings (SSSR count). The minimum atomic E-state index is 0.795. The van der Waals surface area contributed by atoms with Crippen molar-refractivity contribution in [3.05, 3.63) is 0 Å². The Morgan fingerprint density at radius 1 is 1.19 bits per heavy atom. The van der Waals surface area contributed by atoms with Gasteiger partial charge in [-0.1, -0.05) is 40.0 Å². The first kappa shape index (κ1) is 11.1. The SMILES string of the molecule is CCCCC1C(CC)C2C1CC1(C)CCC21. The summed E-state index contributed by atoms with van der Waals surface area (Å²) in [5.41, 5.74) is 0.795. The van der Waals surface area contributed by atoms with Crippen molar-refractivity contribution in [1.82, 2.24) is 0 Å². The standard InChI is InChI=1S/C16H28/c1-4-6-7-12-11(5-2)15-13(12)10-16(3)9-8-14(15)16/h11-15H,4-10H2,1-3H3. The van der Waals surface area contributed by atoms with Crippen molar-refractivity contribution in [3.8, 4) is 0 Å². The molecule has 0 aromatic carbocycles. The molecule has 0 saturated heterocycles. The van der Waals surface area contributed by atoms with E-state index >= 15 is 0 Å². The van der Waals surface area contributed by atoms with Gasteiger partial charge >= 0.3 is 0 Å². The molecule has 0 spiro atoms. The van der Waals surface area contributed by atoms with Gasteiger partial charge in [0.1, 0.15) is 0 Å². The van der Waals surface area contributed by atoms with Gasteiger partial charge in [-0.15, -0.1) is 0 Å². The van der Waals surface area contributed by atoms with E-state index in [0.717, 1.165) is 35.0 Å². The summed E-state index contributed by atoms with van der Waals surface area (Å²) >= 11 is 0. The van der Waals surface area contributed by atoms with E-state index in [2.05, 4.69) is 20.8 Å². The Labute approximate surface area is 101 Å². The van der Waals surface area contributed by atoms with Gasteiger partial charge < -0.3 is 0 Å². The van der Waals surface area contributed by atoms with E-state index in [0.29, 0.717) is 0 Å². The molecular formula is C16H28. The highest BCUT2D eigenvalue weighted by Crippen LogP contribution is 2.72. The fraction of sp³-hybridized carbons (Fsp3) is 1.00. The maximum atomic E-state index is 2.59. The molecule has 0 bridgehead atoms. The monoisotopic (exact) mass is 220 g/mol. The van der Waals surface area contributed by atoms with Crippen LogP contribution in [0, 0.1) is 35.0 Å². The van der Waals surface area contributed by atoms with Crippen molar-refractivity contribution in [3.63, 3.8) is 0 Å². The second-order valence-electron chi connectivity index (χ2n) is 7.12. The van der Waals surface area contributed by atoms with Crippen molar-refractivity contribution < 1.29 is 0 Å². The van der Waals surface area contributed by atoms with Gasteiger partial charge in [0.15, 0.2) is 0 Å². The van der Waals surface area contributed by atoms with Crippen LogP contribution in [-0.2, 0) is 0 Å². The molecule has 3 aliphatic rings. The number of hydrogen-bond donors (Lipinski definition) is 0. The van der Waals surface area contributed by atoms with Gasteiger partial charge in [-0.05, 0) is 60.7 Å². The summed E-state index contributed by atoms with van der Waals surface area (Å²) in [5.74, 6) is 5.68. The third-order valence-corrected chi connectivity index (χ3v) is 6.54. The molecule has 3 saturated carbocycles. The van der Waals surface area contributed by atoms with Gasteiger partial charge in [0.05, 0.1) is 0 Å². The molecule has 0 N–H and O–H groups in total. The minimum absolute atomic E-state index is 0.795. The Balaban J connectivity index is 1.70. The van der Waals surface area contributed by atoms with E-state index in [4.69, 9.17) is 0 Å². The normalized spacial score (nSPS) is 53.8. The van der Waals surface area contributed by atoms with Crippen LogP contribution in [0.15, 0.2) is 0 Å². The number of fused-ring (bicyclic) bond motifs is 3.